The number of fused-ring (bicyclic) bond motifs is 1. The fourth-order valence-corrected chi connectivity index (χ4v) is 5.02. The first kappa shape index (κ1) is 24.1. The summed E-state index contributed by atoms with van der Waals surface area (Å²) in [5.74, 6) is -0.194. The molecule has 2 aromatic carbocycles. The van der Waals surface area contributed by atoms with E-state index in [1.54, 1.807) is 12.1 Å². The van der Waals surface area contributed by atoms with E-state index in [0.717, 1.165) is 5.56 Å². The van der Waals surface area contributed by atoms with Gasteiger partial charge in [-0.2, -0.15) is 0 Å². The first-order valence-electron chi connectivity index (χ1n) is 12.1. The Bertz CT molecular complexity index is 1130. The minimum atomic E-state index is -0.564. The van der Waals surface area contributed by atoms with E-state index >= 15 is 0 Å². The standard InChI is InChI=1S/C26H29FN4O5/c1-16(32)28-10-19-11-31(26(34)36-19)18-7-8-23(22(27)9-18)30-12-20-21(13-30)25(20)29-24(33)15-35-14-17-5-3-2-4-6-17/h2-9,19-21,25H,10-15H2,1H3,(H,28,32)(H,29,33)/t19-,20-,21+,25?/m0/s1. The first-order valence-corrected chi connectivity index (χ1v) is 12.1. The van der Waals surface area contributed by atoms with Gasteiger partial charge in [-0.3, -0.25) is 14.5 Å². The predicted octanol–water partition coefficient (Wildman–Crippen LogP) is 2.05. The van der Waals surface area contributed by atoms with Crippen molar-refractivity contribution in [3.63, 3.8) is 0 Å². The zero-order valence-corrected chi connectivity index (χ0v) is 20.0. The van der Waals surface area contributed by atoms with Gasteiger partial charge in [0.05, 0.1) is 31.1 Å². The lowest BCUT2D eigenvalue weighted by molar-refractivity contribution is -0.126. The normalized spacial score (nSPS) is 24.3. The molecule has 36 heavy (non-hydrogen) atoms. The van der Waals surface area contributed by atoms with Gasteiger partial charge in [-0.05, 0) is 23.8 Å². The van der Waals surface area contributed by atoms with Crippen molar-refractivity contribution in [1.29, 1.82) is 0 Å². The SMILES string of the molecule is CC(=O)NC[C@H]1CN(c2ccc(N3C[C@@H]4C(NC(=O)COCc5ccccc5)[C@@H]4C3)c(F)c2)C(=O)O1. The van der Waals surface area contributed by atoms with Crippen molar-refractivity contribution < 1.29 is 28.2 Å². The molecule has 0 bridgehead atoms. The van der Waals surface area contributed by atoms with Crippen LogP contribution in [0.1, 0.15) is 12.5 Å². The summed E-state index contributed by atoms with van der Waals surface area (Å²) in [6.07, 6.45) is -1.04. The minimum absolute atomic E-state index is 0.00917. The average Bonchev–Trinajstić information content (AvgIpc) is 3.17. The largest absolute Gasteiger partial charge is 0.442 e. The van der Waals surface area contributed by atoms with Crippen molar-refractivity contribution in [3.8, 4) is 0 Å². The number of rotatable bonds is 9. The smallest absolute Gasteiger partial charge is 0.414 e. The van der Waals surface area contributed by atoms with Gasteiger partial charge in [0.15, 0.2) is 0 Å². The molecule has 0 radical (unpaired) electrons. The number of carbonyl (C=O) groups is 3. The number of ether oxygens (including phenoxy) is 2. The zero-order valence-electron chi connectivity index (χ0n) is 20.0. The number of amides is 3. The number of piperidine rings is 1. The highest BCUT2D eigenvalue weighted by Gasteiger charge is 2.56. The molecule has 5 rings (SSSR count). The van der Waals surface area contributed by atoms with E-state index < -0.39 is 18.0 Å². The number of cyclic esters (lactones) is 1. The first-order chi connectivity index (χ1) is 17.4. The molecule has 2 aliphatic heterocycles. The number of nitrogens with one attached hydrogen (secondary N) is 2. The third kappa shape index (κ3) is 5.28. The van der Waals surface area contributed by atoms with Gasteiger partial charge in [0.1, 0.15) is 18.5 Å². The molecule has 1 unspecified atom stereocenters. The van der Waals surface area contributed by atoms with Crippen LogP contribution < -0.4 is 20.4 Å². The van der Waals surface area contributed by atoms with Crippen LogP contribution in [-0.2, 0) is 25.7 Å². The lowest BCUT2D eigenvalue weighted by Crippen LogP contribution is -2.36. The molecule has 0 spiro atoms. The highest BCUT2D eigenvalue weighted by Crippen LogP contribution is 2.47. The Hall–Kier alpha value is -3.66. The monoisotopic (exact) mass is 496 g/mol. The number of hydrogen-bond donors (Lipinski definition) is 2. The third-order valence-corrected chi connectivity index (χ3v) is 6.90. The molecule has 10 heteroatoms. The second-order valence-corrected chi connectivity index (χ2v) is 9.49. The van der Waals surface area contributed by atoms with Gasteiger partial charge >= 0.3 is 6.09 Å². The highest BCUT2D eigenvalue weighted by molar-refractivity contribution is 5.90. The second kappa shape index (κ2) is 10.1. The highest BCUT2D eigenvalue weighted by atomic mass is 19.1. The summed E-state index contributed by atoms with van der Waals surface area (Å²) in [5.41, 5.74) is 1.91. The Morgan fingerprint density at radius 2 is 1.86 bits per heavy atom. The van der Waals surface area contributed by atoms with Crippen molar-refractivity contribution in [1.82, 2.24) is 10.6 Å². The van der Waals surface area contributed by atoms with Crippen molar-refractivity contribution in [3.05, 3.63) is 59.9 Å². The fourth-order valence-electron chi connectivity index (χ4n) is 5.02. The Morgan fingerprint density at radius 1 is 1.11 bits per heavy atom. The van der Waals surface area contributed by atoms with Crippen LogP contribution in [0.25, 0.3) is 0 Å². The second-order valence-electron chi connectivity index (χ2n) is 9.49. The molecule has 2 N–H and O–H groups in total. The van der Waals surface area contributed by atoms with E-state index in [4.69, 9.17) is 9.47 Å². The van der Waals surface area contributed by atoms with E-state index in [1.807, 2.05) is 35.2 Å². The molecule has 2 saturated heterocycles. The predicted molar refractivity (Wildman–Crippen MR) is 130 cm³/mol. The van der Waals surface area contributed by atoms with E-state index in [0.29, 0.717) is 31.1 Å². The summed E-state index contributed by atoms with van der Waals surface area (Å²) in [6, 6.07) is 14.5. The maximum absolute atomic E-state index is 15.0. The molecule has 1 saturated carbocycles. The molecule has 1 aliphatic carbocycles. The fraction of sp³-hybridized carbons (Fsp3) is 0.423. The lowest BCUT2D eigenvalue weighted by atomic mass is 10.2. The molecule has 2 aromatic rings. The lowest BCUT2D eigenvalue weighted by Gasteiger charge is -2.24. The third-order valence-electron chi connectivity index (χ3n) is 6.90. The molecule has 0 aromatic heterocycles. The van der Waals surface area contributed by atoms with Gasteiger partial charge in [0.25, 0.3) is 0 Å². The van der Waals surface area contributed by atoms with E-state index in [-0.39, 0.29) is 49.4 Å². The number of nitrogens with zero attached hydrogens (tertiary/aromatic N) is 2. The van der Waals surface area contributed by atoms with Gasteiger partial charge in [-0.15, -0.1) is 0 Å². The van der Waals surface area contributed by atoms with Crippen molar-refractivity contribution in [2.75, 3.05) is 42.6 Å². The topological polar surface area (TPSA) is 100 Å². The molecule has 190 valence electrons. The molecule has 3 amide bonds. The van der Waals surface area contributed by atoms with Crippen molar-refractivity contribution in [2.24, 2.45) is 11.8 Å². The number of benzene rings is 2. The van der Waals surface area contributed by atoms with Crippen LogP contribution in [0.2, 0.25) is 0 Å². The molecule has 4 atom stereocenters. The quantitative estimate of drug-likeness (QED) is 0.551. The summed E-state index contributed by atoms with van der Waals surface area (Å²) in [4.78, 5) is 38.9. The maximum Gasteiger partial charge on any atom is 0.414 e. The summed E-state index contributed by atoms with van der Waals surface area (Å²) >= 11 is 0. The van der Waals surface area contributed by atoms with Crippen molar-refractivity contribution >= 4 is 29.3 Å². The maximum atomic E-state index is 15.0. The van der Waals surface area contributed by atoms with Gasteiger partial charge < -0.3 is 25.0 Å². The summed E-state index contributed by atoms with van der Waals surface area (Å²) < 4.78 is 25.8. The molecule has 3 aliphatic rings. The van der Waals surface area contributed by atoms with Crippen LogP contribution in [0.4, 0.5) is 20.6 Å². The Labute approximate surface area is 208 Å². The van der Waals surface area contributed by atoms with Crippen LogP contribution in [0.15, 0.2) is 48.5 Å². The van der Waals surface area contributed by atoms with Crippen LogP contribution in [-0.4, -0.2) is 62.8 Å². The van der Waals surface area contributed by atoms with Crippen LogP contribution >= 0.6 is 0 Å². The van der Waals surface area contributed by atoms with Crippen LogP contribution in [0.5, 0.6) is 0 Å². The molecule has 3 fully saturated rings. The molecular weight excluding hydrogens is 467 g/mol. The Morgan fingerprint density at radius 3 is 2.56 bits per heavy atom. The van der Waals surface area contributed by atoms with Crippen molar-refractivity contribution in [2.45, 2.75) is 25.7 Å². The van der Waals surface area contributed by atoms with E-state index in [1.165, 1.54) is 17.9 Å². The number of anilines is 2. The number of halogens is 1. The molecule has 2 heterocycles. The molecule has 9 nitrogen and oxygen atoms in total. The van der Waals surface area contributed by atoms with Gasteiger partial charge in [-0.25, -0.2) is 9.18 Å². The number of carbonyl (C=O) groups excluding carboxylic acids is 3. The van der Waals surface area contributed by atoms with Gasteiger partial charge in [-0.1, -0.05) is 30.3 Å². The zero-order chi connectivity index (χ0) is 25.2. The van der Waals surface area contributed by atoms with Gasteiger partial charge in [0.2, 0.25) is 11.8 Å². The van der Waals surface area contributed by atoms with Crippen LogP contribution in [0.3, 0.4) is 0 Å². The number of hydrogen-bond acceptors (Lipinski definition) is 6. The van der Waals surface area contributed by atoms with Gasteiger partial charge in [0, 0.05) is 37.9 Å². The minimum Gasteiger partial charge on any atom is -0.442 e. The van der Waals surface area contributed by atoms with E-state index in [2.05, 4.69) is 10.6 Å². The summed E-state index contributed by atoms with van der Waals surface area (Å²) in [7, 11) is 0. The molecular formula is C26H29FN4O5. The summed E-state index contributed by atoms with van der Waals surface area (Å²) in [5, 5.41) is 5.65. The van der Waals surface area contributed by atoms with E-state index in [9.17, 15) is 18.8 Å². The summed E-state index contributed by atoms with van der Waals surface area (Å²) in [6.45, 7) is 3.55. The Kier molecular flexibility index (Phi) is 6.77. The van der Waals surface area contributed by atoms with Crippen LogP contribution in [0, 0.1) is 17.7 Å². The Balaban J connectivity index is 1.09. The average molecular weight is 497 g/mol.